The van der Waals surface area contributed by atoms with Crippen LogP contribution in [0.4, 0.5) is 0 Å². The van der Waals surface area contributed by atoms with Crippen molar-refractivity contribution in [3.8, 4) is 0 Å². The summed E-state index contributed by atoms with van der Waals surface area (Å²) in [6.45, 7) is 8.28. The van der Waals surface area contributed by atoms with Gasteiger partial charge in [0.15, 0.2) is 0 Å². The molecule has 2 nitrogen and oxygen atoms in total. The summed E-state index contributed by atoms with van der Waals surface area (Å²) in [6, 6.07) is 8.68. The second kappa shape index (κ2) is 3.93. The van der Waals surface area contributed by atoms with Crippen molar-refractivity contribution in [2.45, 2.75) is 26.7 Å². The molecule has 0 aliphatic carbocycles. The van der Waals surface area contributed by atoms with Gasteiger partial charge in [-0.2, -0.15) is 0 Å². The minimum atomic E-state index is 0.177. The SMILES string of the molecule is Cc1ccc([C@@H]2CN(C=O)CC2(C)C)cc1. The summed E-state index contributed by atoms with van der Waals surface area (Å²) in [5.74, 6) is 0.457. The molecule has 2 rings (SSSR count). The summed E-state index contributed by atoms with van der Waals surface area (Å²) >= 11 is 0. The third-order valence-corrected chi connectivity index (χ3v) is 3.60. The fraction of sp³-hybridized carbons (Fsp3) is 0.500. The lowest BCUT2D eigenvalue weighted by molar-refractivity contribution is -0.117. The Hall–Kier alpha value is -1.31. The van der Waals surface area contributed by atoms with Crippen LogP contribution in [0.15, 0.2) is 24.3 Å². The van der Waals surface area contributed by atoms with Gasteiger partial charge in [-0.05, 0) is 17.9 Å². The maximum Gasteiger partial charge on any atom is 0.209 e. The molecular formula is C14H19NO. The molecule has 1 aliphatic rings. The number of rotatable bonds is 2. The van der Waals surface area contributed by atoms with Crippen LogP contribution in [0.5, 0.6) is 0 Å². The number of likely N-dealkylation sites (tertiary alicyclic amines) is 1. The average Bonchev–Trinajstić information content (AvgIpc) is 2.55. The van der Waals surface area contributed by atoms with Crippen LogP contribution in [0.2, 0.25) is 0 Å². The van der Waals surface area contributed by atoms with Crippen molar-refractivity contribution in [3.05, 3.63) is 35.4 Å². The van der Waals surface area contributed by atoms with E-state index in [9.17, 15) is 4.79 Å². The molecule has 0 unspecified atom stereocenters. The normalized spacial score (nSPS) is 23.4. The van der Waals surface area contributed by atoms with Crippen LogP contribution < -0.4 is 0 Å². The molecule has 1 fully saturated rings. The number of carbonyl (C=O) groups is 1. The Balaban J connectivity index is 2.27. The molecule has 1 heterocycles. The van der Waals surface area contributed by atoms with Crippen molar-refractivity contribution < 1.29 is 4.79 Å². The van der Waals surface area contributed by atoms with Gasteiger partial charge in [-0.15, -0.1) is 0 Å². The van der Waals surface area contributed by atoms with Crippen molar-refractivity contribution in [1.29, 1.82) is 0 Å². The monoisotopic (exact) mass is 217 g/mol. The predicted octanol–water partition coefficient (Wildman–Crippen LogP) is 2.58. The van der Waals surface area contributed by atoms with Crippen molar-refractivity contribution >= 4 is 6.41 Å². The average molecular weight is 217 g/mol. The molecule has 1 saturated heterocycles. The van der Waals surface area contributed by atoms with E-state index < -0.39 is 0 Å². The zero-order chi connectivity index (χ0) is 11.8. The first-order valence-corrected chi connectivity index (χ1v) is 5.79. The van der Waals surface area contributed by atoms with Crippen molar-refractivity contribution in [1.82, 2.24) is 4.90 Å². The van der Waals surface area contributed by atoms with Gasteiger partial charge in [-0.3, -0.25) is 4.79 Å². The van der Waals surface area contributed by atoms with Gasteiger partial charge in [0.05, 0.1) is 0 Å². The molecule has 0 bridgehead atoms. The Morgan fingerprint density at radius 2 is 1.94 bits per heavy atom. The topological polar surface area (TPSA) is 20.3 Å². The van der Waals surface area contributed by atoms with Gasteiger partial charge in [0.2, 0.25) is 6.41 Å². The van der Waals surface area contributed by atoms with E-state index in [0.717, 1.165) is 19.5 Å². The van der Waals surface area contributed by atoms with Crippen LogP contribution in [0.25, 0.3) is 0 Å². The van der Waals surface area contributed by atoms with Crippen molar-refractivity contribution in [2.75, 3.05) is 13.1 Å². The van der Waals surface area contributed by atoms with E-state index in [4.69, 9.17) is 0 Å². The van der Waals surface area contributed by atoms with Gasteiger partial charge in [0.1, 0.15) is 0 Å². The summed E-state index contributed by atoms with van der Waals surface area (Å²) in [5, 5.41) is 0. The number of hydrogen-bond donors (Lipinski definition) is 0. The zero-order valence-electron chi connectivity index (χ0n) is 10.2. The molecule has 0 radical (unpaired) electrons. The fourth-order valence-corrected chi connectivity index (χ4v) is 2.62. The number of aryl methyl sites for hydroxylation is 1. The minimum Gasteiger partial charge on any atom is -0.344 e. The minimum absolute atomic E-state index is 0.177. The van der Waals surface area contributed by atoms with Crippen molar-refractivity contribution in [2.24, 2.45) is 5.41 Å². The molecule has 0 N–H and O–H groups in total. The van der Waals surface area contributed by atoms with Gasteiger partial charge in [0.25, 0.3) is 0 Å². The molecule has 0 saturated carbocycles. The fourth-order valence-electron chi connectivity index (χ4n) is 2.62. The third-order valence-electron chi connectivity index (χ3n) is 3.60. The van der Waals surface area contributed by atoms with E-state index in [1.807, 2.05) is 4.90 Å². The van der Waals surface area contributed by atoms with Crippen LogP contribution in [0.3, 0.4) is 0 Å². The number of amides is 1. The van der Waals surface area contributed by atoms with E-state index in [1.165, 1.54) is 11.1 Å². The van der Waals surface area contributed by atoms with Crippen LogP contribution >= 0.6 is 0 Å². The van der Waals surface area contributed by atoms with Gasteiger partial charge in [-0.25, -0.2) is 0 Å². The molecule has 1 aliphatic heterocycles. The number of nitrogens with zero attached hydrogens (tertiary/aromatic N) is 1. The third kappa shape index (κ3) is 1.97. The summed E-state index contributed by atoms with van der Waals surface area (Å²) < 4.78 is 0. The highest BCUT2D eigenvalue weighted by Gasteiger charge is 2.39. The van der Waals surface area contributed by atoms with E-state index >= 15 is 0 Å². The maximum absolute atomic E-state index is 10.9. The molecular weight excluding hydrogens is 198 g/mol. The highest BCUT2D eigenvalue weighted by molar-refractivity contribution is 5.49. The van der Waals surface area contributed by atoms with Crippen LogP contribution in [0.1, 0.15) is 30.9 Å². The Bertz CT molecular complexity index is 380. The molecule has 2 heteroatoms. The quantitative estimate of drug-likeness (QED) is 0.697. The first kappa shape index (κ1) is 11.2. The largest absolute Gasteiger partial charge is 0.344 e. The maximum atomic E-state index is 10.9. The molecule has 1 atom stereocenters. The Morgan fingerprint density at radius 3 is 2.44 bits per heavy atom. The zero-order valence-corrected chi connectivity index (χ0v) is 10.2. The lowest BCUT2D eigenvalue weighted by Gasteiger charge is -2.25. The van der Waals surface area contributed by atoms with Gasteiger partial charge < -0.3 is 4.90 Å². The number of benzene rings is 1. The first-order valence-electron chi connectivity index (χ1n) is 5.79. The highest BCUT2D eigenvalue weighted by atomic mass is 16.1. The van der Waals surface area contributed by atoms with Crippen LogP contribution in [-0.4, -0.2) is 24.4 Å². The molecule has 1 amide bonds. The van der Waals surface area contributed by atoms with Gasteiger partial charge >= 0.3 is 0 Å². The Labute approximate surface area is 97.3 Å². The van der Waals surface area contributed by atoms with Crippen LogP contribution in [0, 0.1) is 12.3 Å². The second-order valence-corrected chi connectivity index (χ2v) is 5.49. The molecule has 0 spiro atoms. The molecule has 0 aromatic heterocycles. The first-order chi connectivity index (χ1) is 7.53. The van der Waals surface area contributed by atoms with Crippen LogP contribution in [-0.2, 0) is 4.79 Å². The van der Waals surface area contributed by atoms with E-state index in [-0.39, 0.29) is 5.41 Å². The van der Waals surface area contributed by atoms with E-state index in [2.05, 4.69) is 45.0 Å². The number of hydrogen-bond acceptors (Lipinski definition) is 1. The smallest absolute Gasteiger partial charge is 0.209 e. The van der Waals surface area contributed by atoms with Gasteiger partial charge in [-0.1, -0.05) is 43.7 Å². The Kier molecular flexibility index (Phi) is 2.75. The summed E-state index contributed by atoms with van der Waals surface area (Å²) in [6.07, 6.45) is 0.968. The lowest BCUT2D eigenvalue weighted by Crippen LogP contribution is -2.22. The molecule has 1 aromatic carbocycles. The highest BCUT2D eigenvalue weighted by Crippen LogP contribution is 2.41. The predicted molar refractivity (Wildman–Crippen MR) is 65.3 cm³/mol. The van der Waals surface area contributed by atoms with Gasteiger partial charge in [0, 0.05) is 19.0 Å². The number of carbonyl (C=O) groups excluding carboxylic acids is 1. The van der Waals surface area contributed by atoms with E-state index in [0.29, 0.717) is 5.92 Å². The summed E-state index contributed by atoms with van der Waals surface area (Å²) in [5.41, 5.74) is 2.81. The molecule has 1 aromatic rings. The molecule has 16 heavy (non-hydrogen) atoms. The molecule has 86 valence electrons. The standard InChI is InChI=1S/C14H19NO/c1-11-4-6-12(7-5-11)13-8-15(10-16)9-14(13,2)3/h4-7,10,13H,8-9H2,1-3H3/t13-/m0/s1. The lowest BCUT2D eigenvalue weighted by atomic mass is 9.78. The van der Waals surface area contributed by atoms with E-state index in [1.54, 1.807) is 0 Å². The summed E-state index contributed by atoms with van der Waals surface area (Å²) in [7, 11) is 0. The second-order valence-electron chi connectivity index (χ2n) is 5.49. The summed E-state index contributed by atoms with van der Waals surface area (Å²) in [4.78, 5) is 12.7. The Morgan fingerprint density at radius 1 is 1.31 bits per heavy atom. The van der Waals surface area contributed by atoms with Crippen molar-refractivity contribution in [3.63, 3.8) is 0 Å².